The fourth-order valence-electron chi connectivity index (χ4n) is 3.01. The van der Waals surface area contributed by atoms with Crippen molar-refractivity contribution in [3.05, 3.63) is 46.8 Å². The Hall–Kier alpha value is -1.85. The van der Waals surface area contributed by atoms with Crippen LogP contribution in [0.4, 0.5) is 0 Å². The third-order valence-corrected chi connectivity index (χ3v) is 4.38. The van der Waals surface area contributed by atoms with Gasteiger partial charge in [-0.05, 0) is 63.1 Å². The van der Waals surface area contributed by atoms with Crippen molar-refractivity contribution in [2.24, 2.45) is 0 Å². The van der Waals surface area contributed by atoms with Crippen molar-refractivity contribution < 1.29 is 4.74 Å². The number of likely N-dealkylation sites (tertiary alicyclic amines) is 1. The summed E-state index contributed by atoms with van der Waals surface area (Å²) in [6.45, 7) is 5.37. The first kappa shape index (κ1) is 18.5. The predicted molar refractivity (Wildman–Crippen MR) is 97.9 cm³/mol. The number of H-pyrrole nitrogens is 1. The summed E-state index contributed by atoms with van der Waals surface area (Å²) in [5.74, 6) is 0.868. The average Bonchev–Trinajstić information content (AvgIpc) is 2.98. The molecule has 1 saturated heterocycles. The molecule has 24 heavy (non-hydrogen) atoms. The smallest absolute Gasteiger partial charge is 0.264 e. The molecule has 0 radical (unpaired) electrons. The molecule has 0 spiro atoms. The van der Waals surface area contributed by atoms with Crippen LogP contribution in [0.3, 0.4) is 0 Å². The second-order valence-electron chi connectivity index (χ2n) is 6.06. The molecule has 2 heterocycles. The van der Waals surface area contributed by atoms with Gasteiger partial charge >= 0.3 is 0 Å². The summed E-state index contributed by atoms with van der Waals surface area (Å²) >= 11 is 0. The number of hydrogen-bond donors (Lipinski definition) is 1. The summed E-state index contributed by atoms with van der Waals surface area (Å²) in [5.41, 5.74) is 1.51. The maximum absolute atomic E-state index is 11.0. The van der Waals surface area contributed by atoms with Gasteiger partial charge in [-0.1, -0.05) is 0 Å². The molecule has 0 saturated carbocycles. The molecule has 5 nitrogen and oxygen atoms in total. The fourth-order valence-corrected chi connectivity index (χ4v) is 3.01. The number of aromatic amines is 1. The highest BCUT2D eigenvalue weighted by molar-refractivity contribution is 5.85. The highest BCUT2D eigenvalue weighted by atomic mass is 35.5. The van der Waals surface area contributed by atoms with Crippen molar-refractivity contribution >= 4 is 12.4 Å². The first-order valence-electron chi connectivity index (χ1n) is 8.25. The van der Waals surface area contributed by atoms with E-state index in [2.05, 4.69) is 22.0 Å². The molecule has 2 aromatic rings. The van der Waals surface area contributed by atoms with Crippen molar-refractivity contribution in [1.82, 2.24) is 15.1 Å². The third kappa shape index (κ3) is 4.82. The van der Waals surface area contributed by atoms with E-state index in [1.165, 1.54) is 25.5 Å². The normalized spacial score (nSPS) is 17.5. The van der Waals surface area contributed by atoms with Crippen molar-refractivity contribution in [3.63, 3.8) is 0 Å². The molecule has 1 N–H and O–H groups in total. The molecule has 1 aromatic heterocycles. The van der Waals surface area contributed by atoms with Crippen LogP contribution in [0, 0.1) is 0 Å². The quantitative estimate of drug-likeness (QED) is 0.814. The van der Waals surface area contributed by atoms with E-state index in [-0.39, 0.29) is 18.0 Å². The zero-order valence-electron chi connectivity index (χ0n) is 13.9. The van der Waals surface area contributed by atoms with E-state index in [1.54, 1.807) is 6.07 Å². The van der Waals surface area contributed by atoms with Crippen LogP contribution in [0.1, 0.15) is 26.2 Å². The minimum absolute atomic E-state index is 0. The fraction of sp³-hybridized carbons (Fsp3) is 0.444. The van der Waals surface area contributed by atoms with E-state index in [9.17, 15) is 4.79 Å². The molecule has 6 heteroatoms. The summed E-state index contributed by atoms with van der Waals surface area (Å²) in [7, 11) is 0. The summed E-state index contributed by atoms with van der Waals surface area (Å²) in [6.07, 6.45) is 3.69. The molecular weight excluding hydrogens is 326 g/mol. The Morgan fingerprint density at radius 2 is 2.04 bits per heavy atom. The van der Waals surface area contributed by atoms with Gasteiger partial charge in [-0.2, -0.15) is 5.10 Å². The lowest BCUT2D eigenvalue weighted by Gasteiger charge is -2.20. The Balaban J connectivity index is 0.00000208. The highest BCUT2D eigenvalue weighted by Crippen LogP contribution is 2.20. The van der Waals surface area contributed by atoms with E-state index in [4.69, 9.17) is 4.74 Å². The molecule has 1 unspecified atom stereocenters. The average molecular weight is 350 g/mol. The van der Waals surface area contributed by atoms with Gasteiger partial charge in [0.1, 0.15) is 5.75 Å². The first-order valence-corrected chi connectivity index (χ1v) is 8.25. The molecular formula is C18H24ClN3O2. The predicted octanol–water partition coefficient (Wildman–Crippen LogP) is 3.11. The SMILES string of the molecule is CC1CCCN1CCCOc1ccc(-c2ccc(=O)[nH]n2)cc1.Cl. The highest BCUT2D eigenvalue weighted by Gasteiger charge is 2.18. The summed E-state index contributed by atoms with van der Waals surface area (Å²) in [6, 6.07) is 11.7. The third-order valence-electron chi connectivity index (χ3n) is 4.38. The van der Waals surface area contributed by atoms with Crippen LogP contribution in [0.2, 0.25) is 0 Å². The standard InChI is InChI=1S/C18H23N3O2.ClH/c1-14-4-2-11-21(14)12-3-13-23-16-7-5-15(6-8-16)17-9-10-18(22)20-19-17;/h5-10,14H,2-4,11-13H2,1H3,(H,20,22);1H. The molecule has 1 fully saturated rings. The molecule has 0 aliphatic carbocycles. The molecule has 0 amide bonds. The van der Waals surface area contributed by atoms with Crippen LogP contribution in [0.15, 0.2) is 41.2 Å². The Morgan fingerprint density at radius 1 is 1.25 bits per heavy atom. The monoisotopic (exact) mass is 349 g/mol. The van der Waals surface area contributed by atoms with Gasteiger partial charge in [0.05, 0.1) is 12.3 Å². The van der Waals surface area contributed by atoms with E-state index >= 15 is 0 Å². The van der Waals surface area contributed by atoms with E-state index in [0.29, 0.717) is 0 Å². The zero-order chi connectivity index (χ0) is 16.1. The van der Waals surface area contributed by atoms with Crippen LogP contribution in [-0.4, -0.2) is 40.8 Å². The van der Waals surface area contributed by atoms with E-state index in [0.717, 1.165) is 42.6 Å². The van der Waals surface area contributed by atoms with Crippen molar-refractivity contribution in [2.75, 3.05) is 19.7 Å². The van der Waals surface area contributed by atoms with Crippen molar-refractivity contribution in [1.29, 1.82) is 0 Å². The molecule has 3 rings (SSSR count). The van der Waals surface area contributed by atoms with E-state index in [1.807, 2.05) is 24.3 Å². The van der Waals surface area contributed by atoms with Gasteiger partial charge < -0.3 is 9.64 Å². The van der Waals surface area contributed by atoms with Crippen LogP contribution in [0.25, 0.3) is 11.3 Å². The second kappa shape index (κ2) is 8.85. The Labute approximate surface area is 148 Å². The Morgan fingerprint density at radius 3 is 2.67 bits per heavy atom. The lowest BCUT2D eigenvalue weighted by molar-refractivity contribution is 0.230. The molecule has 130 valence electrons. The number of rotatable bonds is 6. The minimum Gasteiger partial charge on any atom is -0.494 e. The number of hydrogen-bond acceptors (Lipinski definition) is 4. The first-order chi connectivity index (χ1) is 11.2. The number of ether oxygens (including phenoxy) is 1. The maximum Gasteiger partial charge on any atom is 0.264 e. The lowest BCUT2D eigenvalue weighted by Crippen LogP contribution is -2.28. The number of halogens is 1. The maximum atomic E-state index is 11.0. The van der Waals surface area contributed by atoms with E-state index < -0.39 is 0 Å². The number of nitrogens with zero attached hydrogens (tertiary/aromatic N) is 2. The van der Waals surface area contributed by atoms with Gasteiger partial charge in [0.25, 0.3) is 5.56 Å². The van der Waals surface area contributed by atoms with Gasteiger partial charge in [-0.3, -0.25) is 4.79 Å². The Kier molecular flexibility index (Phi) is 6.82. The van der Waals surface area contributed by atoms with Crippen LogP contribution < -0.4 is 10.3 Å². The Bertz CT molecular complexity index is 667. The van der Waals surface area contributed by atoms with Crippen molar-refractivity contribution in [3.8, 4) is 17.0 Å². The van der Waals surface area contributed by atoms with Gasteiger partial charge in [0.15, 0.2) is 0 Å². The number of aromatic nitrogens is 2. The van der Waals surface area contributed by atoms with Gasteiger partial charge in [-0.25, -0.2) is 5.10 Å². The topological polar surface area (TPSA) is 58.2 Å². The van der Waals surface area contributed by atoms with Gasteiger partial charge in [-0.15, -0.1) is 12.4 Å². The van der Waals surface area contributed by atoms with Crippen LogP contribution in [-0.2, 0) is 0 Å². The van der Waals surface area contributed by atoms with Crippen LogP contribution >= 0.6 is 12.4 Å². The summed E-state index contributed by atoms with van der Waals surface area (Å²) in [4.78, 5) is 13.6. The van der Waals surface area contributed by atoms with Crippen molar-refractivity contribution in [2.45, 2.75) is 32.2 Å². The second-order valence-corrected chi connectivity index (χ2v) is 6.06. The summed E-state index contributed by atoms with van der Waals surface area (Å²) < 4.78 is 5.81. The summed E-state index contributed by atoms with van der Waals surface area (Å²) in [5, 5.41) is 6.46. The number of nitrogens with one attached hydrogen (secondary N) is 1. The van der Waals surface area contributed by atoms with Gasteiger partial charge in [0.2, 0.25) is 0 Å². The zero-order valence-corrected chi connectivity index (χ0v) is 14.7. The molecule has 1 aliphatic rings. The molecule has 1 aliphatic heterocycles. The number of benzene rings is 1. The molecule has 0 bridgehead atoms. The largest absolute Gasteiger partial charge is 0.494 e. The minimum atomic E-state index is -0.193. The lowest BCUT2D eigenvalue weighted by atomic mass is 10.1. The van der Waals surface area contributed by atoms with Gasteiger partial charge in [0, 0.05) is 24.2 Å². The molecule has 1 atom stereocenters. The molecule has 1 aromatic carbocycles. The van der Waals surface area contributed by atoms with Crippen LogP contribution in [0.5, 0.6) is 5.75 Å².